The summed E-state index contributed by atoms with van der Waals surface area (Å²) in [6.07, 6.45) is 1.64. The van der Waals surface area contributed by atoms with Crippen LogP contribution in [-0.4, -0.2) is 74.1 Å². The Kier molecular flexibility index (Phi) is 8.54. The number of carboxylic acids is 1. The number of nitrogens with two attached hydrogens (primary N) is 1. The van der Waals surface area contributed by atoms with Crippen LogP contribution in [0.25, 0.3) is 0 Å². The highest BCUT2D eigenvalue weighted by Gasteiger charge is 2.29. The number of nitrogens with zero attached hydrogens (tertiary/aromatic N) is 1. The topological polar surface area (TPSA) is 200 Å². The maximum absolute atomic E-state index is 12.5. The average Bonchev–Trinajstić information content (AvgIpc) is 3.10. The van der Waals surface area contributed by atoms with Crippen LogP contribution in [-0.2, 0) is 25.6 Å². The third-order valence-electron chi connectivity index (χ3n) is 3.82. The van der Waals surface area contributed by atoms with Gasteiger partial charge < -0.3 is 36.9 Å². The number of aliphatic hydroxyl groups is 1. The summed E-state index contributed by atoms with van der Waals surface area (Å²) < 4.78 is 0. The zero-order valence-corrected chi connectivity index (χ0v) is 15.8. The maximum Gasteiger partial charge on any atom is 0.328 e. The van der Waals surface area contributed by atoms with Crippen molar-refractivity contribution in [2.75, 3.05) is 0 Å². The van der Waals surface area contributed by atoms with Crippen LogP contribution in [0.3, 0.4) is 0 Å². The lowest BCUT2D eigenvalue weighted by atomic mass is 10.1. The molecule has 5 unspecified atom stereocenters. The van der Waals surface area contributed by atoms with Crippen molar-refractivity contribution in [2.24, 2.45) is 5.73 Å². The average molecular weight is 398 g/mol. The van der Waals surface area contributed by atoms with Gasteiger partial charge in [-0.05, 0) is 20.8 Å². The highest BCUT2D eigenvalue weighted by Crippen LogP contribution is 2.01. The molecular weight excluding hydrogens is 372 g/mol. The van der Waals surface area contributed by atoms with Gasteiger partial charge in [0, 0.05) is 18.3 Å². The highest BCUT2D eigenvalue weighted by atomic mass is 16.4. The second-order valence-corrected chi connectivity index (χ2v) is 6.43. The highest BCUT2D eigenvalue weighted by molar-refractivity contribution is 5.94. The summed E-state index contributed by atoms with van der Waals surface area (Å²) in [6, 6.07) is -4.53. The third-order valence-corrected chi connectivity index (χ3v) is 3.82. The molecule has 3 amide bonds. The number of aromatic nitrogens is 2. The number of H-pyrrole nitrogens is 1. The van der Waals surface area contributed by atoms with Gasteiger partial charge in [-0.1, -0.05) is 0 Å². The first-order valence-electron chi connectivity index (χ1n) is 8.57. The van der Waals surface area contributed by atoms with E-state index in [0.29, 0.717) is 5.69 Å². The molecule has 28 heavy (non-hydrogen) atoms. The molecule has 12 nitrogen and oxygen atoms in total. The second-order valence-electron chi connectivity index (χ2n) is 6.43. The quantitative estimate of drug-likeness (QED) is 0.220. The number of hydrogen-bond donors (Lipinski definition) is 7. The Labute approximate surface area is 161 Å². The van der Waals surface area contributed by atoms with Crippen LogP contribution in [0, 0.1) is 0 Å². The molecule has 0 aliphatic carbocycles. The van der Waals surface area contributed by atoms with Gasteiger partial charge in [0.05, 0.1) is 18.5 Å². The fourth-order valence-corrected chi connectivity index (χ4v) is 2.18. The van der Waals surface area contributed by atoms with Crippen molar-refractivity contribution in [3.8, 4) is 0 Å². The number of aliphatic carboxylic acids is 1. The molecule has 0 radical (unpaired) electrons. The SMILES string of the molecule is CC(N)C(=O)NC(Cc1cnc[nH]1)C(=O)NC(C)C(=O)NC(C(=O)O)C(C)O. The van der Waals surface area contributed by atoms with Gasteiger partial charge in [-0.2, -0.15) is 0 Å². The molecule has 1 aromatic heterocycles. The minimum atomic E-state index is -1.52. The molecule has 1 heterocycles. The molecule has 0 saturated carbocycles. The molecule has 8 N–H and O–H groups in total. The van der Waals surface area contributed by atoms with Crippen LogP contribution < -0.4 is 21.7 Å². The van der Waals surface area contributed by atoms with Crippen molar-refractivity contribution < 1.29 is 29.4 Å². The van der Waals surface area contributed by atoms with Crippen molar-refractivity contribution >= 4 is 23.7 Å². The van der Waals surface area contributed by atoms with Crippen molar-refractivity contribution in [1.82, 2.24) is 25.9 Å². The third kappa shape index (κ3) is 6.96. The van der Waals surface area contributed by atoms with Gasteiger partial charge in [0.25, 0.3) is 0 Å². The van der Waals surface area contributed by atoms with Crippen molar-refractivity contribution in [3.05, 3.63) is 18.2 Å². The molecule has 0 saturated heterocycles. The smallest absolute Gasteiger partial charge is 0.328 e. The van der Waals surface area contributed by atoms with E-state index in [1.54, 1.807) is 0 Å². The van der Waals surface area contributed by atoms with Crippen molar-refractivity contribution in [3.63, 3.8) is 0 Å². The lowest BCUT2D eigenvalue weighted by molar-refractivity contribution is -0.145. The minimum absolute atomic E-state index is 0.0735. The monoisotopic (exact) mass is 398 g/mol. The predicted octanol–water partition coefficient (Wildman–Crippen LogP) is -2.76. The van der Waals surface area contributed by atoms with E-state index >= 15 is 0 Å². The molecule has 1 rings (SSSR count). The Morgan fingerprint density at radius 2 is 1.75 bits per heavy atom. The van der Waals surface area contributed by atoms with Gasteiger partial charge in [0.2, 0.25) is 17.7 Å². The first-order chi connectivity index (χ1) is 13.0. The van der Waals surface area contributed by atoms with Gasteiger partial charge in [-0.25, -0.2) is 9.78 Å². The normalized spacial score (nSPS) is 16.2. The van der Waals surface area contributed by atoms with E-state index in [2.05, 4.69) is 25.9 Å². The Morgan fingerprint density at radius 3 is 2.21 bits per heavy atom. The van der Waals surface area contributed by atoms with E-state index in [4.69, 9.17) is 10.8 Å². The summed E-state index contributed by atoms with van der Waals surface area (Å²) >= 11 is 0. The van der Waals surface area contributed by atoms with Gasteiger partial charge in [-0.15, -0.1) is 0 Å². The molecule has 0 bridgehead atoms. The number of carbonyl (C=O) groups excluding carboxylic acids is 3. The van der Waals surface area contributed by atoms with E-state index in [9.17, 15) is 24.3 Å². The Hall–Kier alpha value is -2.99. The van der Waals surface area contributed by atoms with Crippen molar-refractivity contribution in [1.29, 1.82) is 0 Å². The number of carbonyl (C=O) groups is 4. The number of aliphatic hydroxyl groups excluding tert-OH is 1. The molecular formula is C16H26N6O6. The summed E-state index contributed by atoms with van der Waals surface area (Å²) in [5, 5.41) is 25.5. The first-order valence-corrected chi connectivity index (χ1v) is 8.57. The largest absolute Gasteiger partial charge is 0.480 e. The van der Waals surface area contributed by atoms with E-state index in [1.807, 2.05) is 0 Å². The number of carboxylic acid groups (broad SMARTS) is 1. The zero-order valence-electron chi connectivity index (χ0n) is 15.8. The summed E-state index contributed by atoms with van der Waals surface area (Å²) in [7, 11) is 0. The molecule has 1 aromatic rings. The Bertz CT molecular complexity index is 690. The fourth-order valence-electron chi connectivity index (χ4n) is 2.18. The second kappa shape index (κ2) is 10.4. The van der Waals surface area contributed by atoms with E-state index in [-0.39, 0.29) is 6.42 Å². The summed E-state index contributed by atoms with van der Waals surface area (Å²) in [5.74, 6) is -3.45. The van der Waals surface area contributed by atoms with Crippen LogP contribution in [0.4, 0.5) is 0 Å². The zero-order chi connectivity index (χ0) is 21.4. The van der Waals surface area contributed by atoms with Crippen LogP contribution in [0.15, 0.2) is 12.5 Å². The van der Waals surface area contributed by atoms with Crippen LogP contribution >= 0.6 is 0 Å². The molecule has 12 heteroatoms. The van der Waals surface area contributed by atoms with Gasteiger partial charge in [-0.3, -0.25) is 14.4 Å². The predicted molar refractivity (Wildman–Crippen MR) is 96.7 cm³/mol. The van der Waals surface area contributed by atoms with Gasteiger partial charge >= 0.3 is 5.97 Å². The van der Waals surface area contributed by atoms with Crippen LogP contribution in [0.1, 0.15) is 26.5 Å². The fraction of sp³-hybridized carbons (Fsp3) is 0.562. The van der Waals surface area contributed by atoms with Crippen LogP contribution in [0.5, 0.6) is 0 Å². The van der Waals surface area contributed by atoms with Gasteiger partial charge in [0.15, 0.2) is 6.04 Å². The summed E-state index contributed by atoms with van der Waals surface area (Å²) in [5.41, 5.74) is 6.08. The molecule has 5 atom stereocenters. The number of aromatic amines is 1. The number of rotatable bonds is 10. The molecule has 0 aromatic carbocycles. The maximum atomic E-state index is 12.5. The lowest BCUT2D eigenvalue weighted by Crippen LogP contribution is -2.57. The van der Waals surface area contributed by atoms with Gasteiger partial charge in [0.1, 0.15) is 12.1 Å². The first kappa shape index (κ1) is 23.0. The summed E-state index contributed by atoms with van der Waals surface area (Å²) in [4.78, 5) is 54.3. The number of nitrogens with one attached hydrogen (secondary N) is 4. The van der Waals surface area contributed by atoms with E-state index in [0.717, 1.165) is 0 Å². The molecule has 0 aliphatic heterocycles. The summed E-state index contributed by atoms with van der Waals surface area (Å²) in [6.45, 7) is 4.01. The lowest BCUT2D eigenvalue weighted by Gasteiger charge is -2.23. The standard InChI is InChI=1S/C16H26N6O6/c1-7(17)13(24)21-11(4-10-5-18-6-19-10)15(26)20-8(2)14(25)22-12(9(3)23)16(27)28/h5-9,11-12,23H,4,17H2,1-3H3,(H,18,19)(H,20,26)(H,21,24)(H,22,25)(H,27,28). The number of amides is 3. The van der Waals surface area contributed by atoms with E-state index in [1.165, 1.54) is 33.3 Å². The number of imidazole rings is 1. The molecule has 0 spiro atoms. The van der Waals surface area contributed by atoms with Crippen molar-refractivity contribution in [2.45, 2.75) is 57.5 Å². The molecule has 0 aliphatic rings. The minimum Gasteiger partial charge on any atom is -0.480 e. The van der Waals surface area contributed by atoms with E-state index < -0.39 is 54.0 Å². The Balaban J connectivity index is 2.80. The number of hydrogen-bond acceptors (Lipinski definition) is 7. The van der Waals surface area contributed by atoms with Crippen LogP contribution in [0.2, 0.25) is 0 Å². The molecule has 156 valence electrons. The Morgan fingerprint density at radius 1 is 1.11 bits per heavy atom. The molecule has 0 fully saturated rings.